The summed E-state index contributed by atoms with van der Waals surface area (Å²) >= 11 is 0. The Morgan fingerprint density at radius 2 is 2.12 bits per heavy atom. The van der Waals surface area contributed by atoms with Crippen LogP contribution in [0.5, 0.6) is 0 Å². The van der Waals surface area contributed by atoms with Crippen molar-refractivity contribution in [1.82, 2.24) is 19.6 Å². The molecule has 1 saturated carbocycles. The fourth-order valence-corrected chi connectivity index (χ4v) is 3.87. The van der Waals surface area contributed by atoms with E-state index in [0.717, 1.165) is 24.2 Å². The number of fused-ring (bicyclic) bond motifs is 1. The molecule has 0 spiro atoms. The maximum absolute atomic E-state index is 12.4. The number of likely N-dealkylation sites (tertiary alicyclic amines) is 1. The van der Waals surface area contributed by atoms with Gasteiger partial charge in [-0.2, -0.15) is 0 Å². The van der Waals surface area contributed by atoms with E-state index in [1.807, 2.05) is 39.9 Å². The van der Waals surface area contributed by atoms with E-state index in [-0.39, 0.29) is 17.7 Å². The molecule has 6 heteroatoms. The fourth-order valence-electron chi connectivity index (χ4n) is 3.87. The van der Waals surface area contributed by atoms with Crippen molar-refractivity contribution < 1.29 is 9.59 Å². The minimum Gasteiger partial charge on any atom is -0.350 e. The van der Waals surface area contributed by atoms with Gasteiger partial charge < -0.3 is 14.6 Å². The smallest absolute Gasteiger partial charge is 0.225 e. The van der Waals surface area contributed by atoms with Crippen molar-refractivity contribution in [3.63, 3.8) is 0 Å². The van der Waals surface area contributed by atoms with E-state index in [9.17, 15) is 9.59 Å². The number of pyridine rings is 1. The van der Waals surface area contributed by atoms with E-state index in [0.29, 0.717) is 25.6 Å². The van der Waals surface area contributed by atoms with E-state index in [1.54, 1.807) is 0 Å². The highest BCUT2D eigenvalue weighted by Crippen LogP contribution is 2.29. The van der Waals surface area contributed by atoms with E-state index < -0.39 is 0 Å². The predicted octanol–water partition coefficient (Wildman–Crippen LogP) is 1.74. The Balaban J connectivity index is 1.35. The molecule has 0 radical (unpaired) electrons. The fraction of sp³-hybridized carbons (Fsp3) is 0.500. The summed E-state index contributed by atoms with van der Waals surface area (Å²) in [4.78, 5) is 31.0. The third-order valence-corrected chi connectivity index (χ3v) is 5.15. The van der Waals surface area contributed by atoms with Gasteiger partial charge in [0.15, 0.2) is 0 Å². The number of hydrogen-bond donors (Lipinski definition) is 1. The van der Waals surface area contributed by atoms with Crippen LogP contribution in [0.4, 0.5) is 0 Å². The molecule has 1 aliphatic carbocycles. The average Bonchev–Trinajstić information content (AvgIpc) is 3.30. The Kier molecular flexibility index (Phi) is 3.96. The van der Waals surface area contributed by atoms with Gasteiger partial charge in [0, 0.05) is 31.4 Å². The summed E-state index contributed by atoms with van der Waals surface area (Å²) in [5.41, 5.74) is 1.69. The topological polar surface area (TPSA) is 66.7 Å². The average molecular weight is 326 g/mol. The number of nitrogens with one attached hydrogen (secondary N) is 1. The minimum atomic E-state index is -0.227. The van der Waals surface area contributed by atoms with Crippen molar-refractivity contribution in [2.75, 3.05) is 6.54 Å². The second kappa shape index (κ2) is 6.26. The van der Waals surface area contributed by atoms with Crippen molar-refractivity contribution in [2.45, 2.75) is 44.7 Å². The number of carbonyl (C=O) groups excluding carboxylic acids is 2. The molecule has 126 valence electrons. The third-order valence-electron chi connectivity index (χ3n) is 5.15. The van der Waals surface area contributed by atoms with E-state index >= 15 is 0 Å². The van der Waals surface area contributed by atoms with Crippen molar-refractivity contribution >= 4 is 17.5 Å². The first-order valence-corrected chi connectivity index (χ1v) is 8.70. The molecule has 1 N–H and O–H groups in total. The number of hydrogen-bond acceptors (Lipinski definition) is 3. The minimum absolute atomic E-state index is 0.0408. The highest BCUT2D eigenvalue weighted by Gasteiger charge is 2.38. The van der Waals surface area contributed by atoms with E-state index in [4.69, 9.17) is 0 Å². The third kappa shape index (κ3) is 2.88. The van der Waals surface area contributed by atoms with Crippen LogP contribution in [0, 0.1) is 5.92 Å². The Labute approximate surface area is 140 Å². The Hall–Kier alpha value is -2.37. The maximum Gasteiger partial charge on any atom is 0.225 e. The van der Waals surface area contributed by atoms with Gasteiger partial charge in [0.1, 0.15) is 5.65 Å². The second-order valence-corrected chi connectivity index (χ2v) is 6.80. The van der Waals surface area contributed by atoms with Gasteiger partial charge in [-0.05, 0) is 25.0 Å². The number of imidazole rings is 1. The summed E-state index contributed by atoms with van der Waals surface area (Å²) < 4.78 is 1.93. The van der Waals surface area contributed by atoms with Crippen LogP contribution in [0.1, 0.15) is 37.8 Å². The number of aromatic nitrogens is 2. The van der Waals surface area contributed by atoms with Gasteiger partial charge in [0.25, 0.3) is 0 Å². The lowest BCUT2D eigenvalue weighted by Crippen LogP contribution is -2.36. The number of rotatable bonds is 4. The Morgan fingerprint density at radius 1 is 1.29 bits per heavy atom. The Morgan fingerprint density at radius 3 is 2.92 bits per heavy atom. The zero-order valence-corrected chi connectivity index (χ0v) is 13.6. The highest BCUT2D eigenvalue weighted by molar-refractivity contribution is 5.89. The zero-order valence-electron chi connectivity index (χ0n) is 13.6. The molecule has 2 aromatic heterocycles. The lowest BCUT2D eigenvalue weighted by molar-refractivity contribution is -0.130. The molecule has 2 fully saturated rings. The monoisotopic (exact) mass is 326 g/mol. The number of nitrogens with zero attached hydrogens (tertiary/aromatic N) is 3. The quantitative estimate of drug-likeness (QED) is 0.931. The molecule has 0 aromatic carbocycles. The maximum atomic E-state index is 12.4. The second-order valence-electron chi connectivity index (χ2n) is 6.80. The van der Waals surface area contributed by atoms with Crippen LogP contribution in [-0.4, -0.2) is 38.7 Å². The summed E-state index contributed by atoms with van der Waals surface area (Å²) in [5.74, 6) is -0.134. The molecule has 1 aliphatic heterocycles. The standard InChI is InChI=1S/C18H22N4O2/c23-17-9-13(11-22(17)15-5-1-2-6-15)18(24)19-10-14-12-21-8-4-3-7-16(21)20-14/h3-4,7-8,12-13,15H,1-2,5-6,9-11H2,(H,19,24). The van der Waals surface area contributed by atoms with Gasteiger partial charge in [-0.1, -0.05) is 18.9 Å². The van der Waals surface area contributed by atoms with Crippen LogP contribution in [0.3, 0.4) is 0 Å². The molecule has 2 aliphatic rings. The van der Waals surface area contributed by atoms with Crippen molar-refractivity contribution in [1.29, 1.82) is 0 Å². The summed E-state index contributed by atoms with van der Waals surface area (Å²) in [6.07, 6.45) is 8.75. The van der Waals surface area contributed by atoms with Crippen LogP contribution in [0.2, 0.25) is 0 Å². The van der Waals surface area contributed by atoms with Gasteiger partial charge >= 0.3 is 0 Å². The molecular weight excluding hydrogens is 304 g/mol. The van der Waals surface area contributed by atoms with Crippen LogP contribution in [-0.2, 0) is 16.1 Å². The first-order chi connectivity index (χ1) is 11.7. The summed E-state index contributed by atoms with van der Waals surface area (Å²) in [7, 11) is 0. The molecule has 4 rings (SSSR count). The lowest BCUT2D eigenvalue weighted by Gasteiger charge is -2.23. The molecule has 3 heterocycles. The lowest BCUT2D eigenvalue weighted by atomic mass is 10.1. The predicted molar refractivity (Wildman–Crippen MR) is 89.1 cm³/mol. The molecule has 1 atom stereocenters. The molecule has 2 aromatic rings. The molecule has 24 heavy (non-hydrogen) atoms. The van der Waals surface area contributed by atoms with Crippen LogP contribution < -0.4 is 5.32 Å². The molecule has 0 bridgehead atoms. The van der Waals surface area contributed by atoms with Crippen LogP contribution in [0.15, 0.2) is 30.6 Å². The first-order valence-electron chi connectivity index (χ1n) is 8.70. The SMILES string of the molecule is O=C(NCc1cn2ccccc2n1)C1CC(=O)N(C2CCCC2)C1. The van der Waals surface area contributed by atoms with Crippen molar-refractivity contribution in [3.8, 4) is 0 Å². The van der Waals surface area contributed by atoms with Gasteiger partial charge in [0.05, 0.1) is 18.2 Å². The number of carbonyl (C=O) groups is 2. The van der Waals surface area contributed by atoms with Gasteiger partial charge in [-0.3, -0.25) is 9.59 Å². The normalized spacial score (nSPS) is 21.8. The van der Waals surface area contributed by atoms with Crippen LogP contribution >= 0.6 is 0 Å². The summed E-state index contributed by atoms with van der Waals surface area (Å²) in [5, 5.41) is 2.94. The zero-order chi connectivity index (χ0) is 16.5. The summed E-state index contributed by atoms with van der Waals surface area (Å²) in [6.45, 7) is 0.967. The van der Waals surface area contributed by atoms with Crippen molar-refractivity contribution in [2.24, 2.45) is 5.92 Å². The molecule has 6 nitrogen and oxygen atoms in total. The van der Waals surface area contributed by atoms with Crippen molar-refractivity contribution in [3.05, 3.63) is 36.3 Å². The number of amides is 2. The van der Waals surface area contributed by atoms with Gasteiger partial charge in [-0.15, -0.1) is 0 Å². The van der Waals surface area contributed by atoms with Gasteiger partial charge in [-0.25, -0.2) is 4.98 Å². The van der Waals surface area contributed by atoms with Crippen LogP contribution in [0.25, 0.3) is 5.65 Å². The molecular formula is C18H22N4O2. The first kappa shape index (κ1) is 15.2. The van der Waals surface area contributed by atoms with E-state index in [1.165, 1.54) is 12.8 Å². The molecule has 1 saturated heterocycles. The highest BCUT2D eigenvalue weighted by atomic mass is 16.2. The van der Waals surface area contributed by atoms with Gasteiger partial charge in [0.2, 0.25) is 11.8 Å². The summed E-state index contributed by atoms with van der Waals surface area (Å²) in [6, 6.07) is 6.17. The molecule has 2 amide bonds. The molecule has 1 unspecified atom stereocenters. The van der Waals surface area contributed by atoms with E-state index in [2.05, 4.69) is 10.3 Å². The Bertz CT molecular complexity index is 730. The largest absolute Gasteiger partial charge is 0.350 e.